The lowest BCUT2D eigenvalue weighted by Crippen LogP contribution is -2.35. The summed E-state index contributed by atoms with van der Waals surface area (Å²) in [6.45, 7) is 6.33. The second-order valence-corrected chi connectivity index (χ2v) is 9.21. The summed E-state index contributed by atoms with van der Waals surface area (Å²) in [6, 6.07) is 14.4. The highest BCUT2D eigenvalue weighted by Gasteiger charge is 2.41. The fourth-order valence-corrected chi connectivity index (χ4v) is 5.13. The molecule has 1 N–H and O–H groups in total. The van der Waals surface area contributed by atoms with Crippen LogP contribution >= 0.6 is 12.2 Å². The number of pyridine rings is 1. The first-order chi connectivity index (χ1) is 15.9. The predicted molar refractivity (Wildman–Crippen MR) is 132 cm³/mol. The van der Waals surface area contributed by atoms with Gasteiger partial charge in [0.25, 0.3) is 0 Å². The molecule has 2 aliphatic heterocycles. The lowest BCUT2D eigenvalue weighted by atomic mass is 9.96. The van der Waals surface area contributed by atoms with Gasteiger partial charge in [0.05, 0.1) is 17.8 Å². The first kappa shape index (κ1) is 21.7. The number of thiocarbonyl (C=S) groups is 1. The van der Waals surface area contributed by atoms with E-state index in [-0.39, 0.29) is 18.9 Å². The minimum absolute atomic E-state index is 0.0217. The van der Waals surface area contributed by atoms with Crippen LogP contribution in [0, 0.1) is 13.8 Å². The molecule has 1 aromatic carbocycles. The number of ether oxygens (including phenoxy) is 2. The fraction of sp³-hybridized carbons (Fsp3) is 0.360. The molecule has 0 bridgehead atoms. The number of likely N-dealkylation sites (N-methyl/N-ethyl adjacent to an activating group) is 1. The van der Waals surface area contributed by atoms with Crippen LogP contribution in [0.5, 0.6) is 11.5 Å². The standard InChI is InChI=1S/C25H29N5O2S/c1-16-13-19(17(2)30(16)18-8-9-21-22(14-18)32-15-31-21)24-23(20-7-5-6-10-26-20)27-25(33)29(24)12-11-28(3)4/h5-10,13-14,23-24H,11-12,15H2,1-4H3,(H,27,33)/t23-,24-/m0/s1. The van der Waals surface area contributed by atoms with Crippen LogP contribution in [0.15, 0.2) is 48.7 Å². The molecule has 172 valence electrons. The van der Waals surface area contributed by atoms with Crippen molar-refractivity contribution < 1.29 is 9.47 Å². The van der Waals surface area contributed by atoms with Crippen molar-refractivity contribution in [2.24, 2.45) is 0 Å². The number of benzene rings is 1. The van der Waals surface area contributed by atoms with Crippen LogP contribution < -0.4 is 14.8 Å². The van der Waals surface area contributed by atoms with E-state index in [1.807, 2.05) is 30.5 Å². The summed E-state index contributed by atoms with van der Waals surface area (Å²) in [4.78, 5) is 9.15. The molecule has 2 aromatic heterocycles. The number of hydrogen-bond donors (Lipinski definition) is 1. The SMILES string of the molecule is Cc1cc([C@H]2[C@H](c3ccccn3)NC(=S)N2CCN(C)C)c(C)n1-c1ccc2c(c1)OCO2. The van der Waals surface area contributed by atoms with E-state index in [2.05, 4.69) is 70.8 Å². The van der Waals surface area contributed by atoms with Gasteiger partial charge in [-0.25, -0.2) is 0 Å². The summed E-state index contributed by atoms with van der Waals surface area (Å²) in [5.41, 5.74) is 5.63. The Kier molecular flexibility index (Phi) is 5.72. The molecule has 0 aliphatic carbocycles. The molecule has 2 aliphatic rings. The van der Waals surface area contributed by atoms with E-state index in [0.29, 0.717) is 0 Å². The van der Waals surface area contributed by atoms with Crippen LogP contribution in [0.4, 0.5) is 0 Å². The zero-order valence-electron chi connectivity index (χ0n) is 19.4. The largest absolute Gasteiger partial charge is 0.454 e. The molecule has 7 nitrogen and oxygen atoms in total. The van der Waals surface area contributed by atoms with Gasteiger partial charge in [0.15, 0.2) is 16.6 Å². The Bertz CT molecular complexity index is 1180. The highest BCUT2D eigenvalue weighted by Crippen LogP contribution is 2.42. The Labute approximate surface area is 199 Å². The van der Waals surface area contributed by atoms with Crippen molar-refractivity contribution in [2.75, 3.05) is 34.0 Å². The van der Waals surface area contributed by atoms with Crippen molar-refractivity contribution in [3.63, 3.8) is 0 Å². The number of aromatic nitrogens is 2. The topological polar surface area (TPSA) is 54.8 Å². The van der Waals surface area contributed by atoms with E-state index >= 15 is 0 Å². The molecule has 0 spiro atoms. The molecule has 8 heteroatoms. The van der Waals surface area contributed by atoms with Gasteiger partial charge in [-0.1, -0.05) is 6.07 Å². The average Bonchev–Trinajstić information content (AvgIpc) is 3.47. The zero-order chi connectivity index (χ0) is 23.1. The predicted octanol–water partition coefficient (Wildman–Crippen LogP) is 3.75. The molecule has 33 heavy (non-hydrogen) atoms. The fourth-order valence-electron chi connectivity index (χ4n) is 4.80. The van der Waals surface area contributed by atoms with Crippen LogP contribution in [0.25, 0.3) is 5.69 Å². The third-order valence-electron chi connectivity index (χ3n) is 6.39. The van der Waals surface area contributed by atoms with E-state index in [1.54, 1.807) is 0 Å². The summed E-state index contributed by atoms with van der Waals surface area (Å²) >= 11 is 5.81. The summed E-state index contributed by atoms with van der Waals surface area (Å²) in [6.07, 6.45) is 1.84. The molecule has 4 heterocycles. The summed E-state index contributed by atoms with van der Waals surface area (Å²) in [5.74, 6) is 1.57. The number of fused-ring (bicyclic) bond motifs is 1. The Balaban J connectivity index is 1.58. The minimum Gasteiger partial charge on any atom is -0.454 e. The molecule has 0 amide bonds. The van der Waals surface area contributed by atoms with E-state index < -0.39 is 0 Å². The molecular weight excluding hydrogens is 434 g/mol. The number of rotatable bonds is 6. The molecule has 2 atom stereocenters. The Morgan fingerprint density at radius 1 is 1.12 bits per heavy atom. The van der Waals surface area contributed by atoms with Gasteiger partial charge in [0, 0.05) is 42.4 Å². The monoisotopic (exact) mass is 463 g/mol. The summed E-state index contributed by atoms with van der Waals surface area (Å²) in [7, 11) is 4.17. The Morgan fingerprint density at radius 3 is 2.70 bits per heavy atom. The van der Waals surface area contributed by atoms with Crippen LogP contribution in [0.2, 0.25) is 0 Å². The quantitative estimate of drug-likeness (QED) is 0.559. The molecule has 1 fully saturated rings. The lowest BCUT2D eigenvalue weighted by Gasteiger charge is -2.29. The number of nitrogens with zero attached hydrogens (tertiary/aromatic N) is 4. The van der Waals surface area contributed by atoms with Crippen molar-refractivity contribution in [1.29, 1.82) is 0 Å². The maximum Gasteiger partial charge on any atom is 0.231 e. The van der Waals surface area contributed by atoms with E-state index in [1.165, 1.54) is 11.3 Å². The van der Waals surface area contributed by atoms with Gasteiger partial charge in [0.1, 0.15) is 0 Å². The van der Waals surface area contributed by atoms with Gasteiger partial charge in [-0.05, 0) is 76.1 Å². The van der Waals surface area contributed by atoms with Crippen LogP contribution in [-0.4, -0.2) is 58.4 Å². The Hall–Kier alpha value is -3.10. The van der Waals surface area contributed by atoms with Gasteiger partial charge in [-0.15, -0.1) is 0 Å². The second-order valence-electron chi connectivity index (χ2n) is 8.82. The number of hydrogen-bond acceptors (Lipinski definition) is 5. The second kappa shape index (κ2) is 8.68. The molecule has 1 saturated heterocycles. The van der Waals surface area contributed by atoms with Crippen LogP contribution in [0.3, 0.4) is 0 Å². The van der Waals surface area contributed by atoms with Crippen molar-refractivity contribution in [3.05, 3.63) is 71.3 Å². The summed E-state index contributed by atoms with van der Waals surface area (Å²) in [5, 5.41) is 4.32. The maximum absolute atomic E-state index is 5.81. The van der Waals surface area contributed by atoms with Gasteiger partial charge in [-0.3, -0.25) is 4.98 Å². The Morgan fingerprint density at radius 2 is 1.94 bits per heavy atom. The molecule has 0 radical (unpaired) electrons. The minimum atomic E-state index is -0.0217. The van der Waals surface area contributed by atoms with Crippen molar-refractivity contribution in [2.45, 2.75) is 25.9 Å². The number of nitrogens with one attached hydrogen (secondary N) is 1. The maximum atomic E-state index is 5.81. The first-order valence-electron chi connectivity index (χ1n) is 11.2. The number of aryl methyl sites for hydroxylation is 1. The van der Waals surface area contributed by atoms with Gasteiger partial charge in [0.2, 0.25) is 6.79 Å². The van der Waals surface area contributed by atoms with E-state index in [0.717, 1.165) is 46.8 Å². The smallest absolute Gasteiger partial charge is 0.231 e. The van der Waals surface area contributed by atoms with Crippen LogP contribution in [0.1, 0.15) is 34.7 Å². The van der Waals surface area contributed by atoms with Crippen molar-refractivity contribution in [1.82, 2.24) is 24.7 Å². The molecule has 5 rings (SSSR count). The third kappa shape index (κ3) is 3.94. The van der Waals surface area contributed by atoms with Gasteiger partial charge in [-0.2, -0.15) is 0 Å². The van der Waals surface area contributed by atoms with E-state index in [4.69, 9.17) is 21.7 Å². The van der Waals surface area contributed by atoms with Crippen LogP contribution in [-0.2, 0) is 0 Å². The zero-order valence-corrected chi connectivity index (χ0v) is 20.2. The third-order valence-corrected chi connectivity index (χ3v) is 6.74. The van der Waals surface area contributed by atoms with E-state index in [9.17, 15) is 0 Å². The molecule has 3 aromatic rings. The highest BCUT2D eigenvalue weighted by atomic mass is 32.1. The normalized spacial score (nSPS) is 19.4. The molecule has 0 unspecified atom stereocenters. The molecular formula is C25H29N5O2S. The van der Waals surface area contributed by atoms with Crippen molar-refractivity contribution in [3.8, 4) is 17.2 Å². The van der Waals surface area contributed by atoms with Gasteiger partial charge < -0.3 is 29.2 Å². The molecule has 0 saturated carbocycles. The first-order valence-corrected chi connectivity index (χ1v) is 11.6. The van der Waals surface area contributed by atoms with Gasteiger partial charge >= 0.3 is 0 Å². The average molecular weight is 464 g/mol. The van der Waals surface area contributed by atoms with Crippen molar-refractivity contribution >= 4 is 17.3 Å². The summed E-state index contributed by atoms with van der Waals surface area (Å²) < 4.78 is 13.4. The lowest BCUT2D eigenvalue weighted by molar-refractivity contribution is 0.174. The highest BCUT2D eigenvalue weighted by molar-refractivity contribution is 7.80.